The van der Waals surface area contributed by atoms with E-state index in [9.17, 15) is 4.39 Å². The van der Waals surface area contributed by atoms with Crippen molar-refractivity contribution >= 4 is 0 Å². The van der Waals surface area contributed by atoms with Crippen LogP contribution in [0.4, 0.5) is 4.39 Å². The summed E-state index contributed by atoms with van der Waals surface area (Å²) in [5, 5.41) is 4.39. The average molecular weight is 233 g/mol. The zero-order valence-corrected chi connectivity index (χ0v) is 10.2. The summed E-state index contributed by atoms with van der Waals surface area (Å²) in [5.41, 5.74) is 9.41. The Kier molecular flexibility index (Phi) is 2.98. The molecule has 3 nitrogen and oxygen atoms in total. The smallest absolute Gasteiger partial charge is 0.123 e. The second-order valence-corrected chi connectivity index (χ2v) is 4.33. The first kappa shape index (κ1) is 11.8. The van der Waals surface area contributed by atoms with Gasteiger partial charge in [0, 0.05) is 11.7 Å². The molecule has 4 heteroatoms. The molecule has 0 spiro atoms. The maximum atomic E-state index is 13.2. The molecule has 2 aromatic rings. The maximum Gasteiger partial charge on any atom is 0.123 e. The summed E-state index contributed by atoms with van der Waals surface area (Å²) in [6.45, 7) is 5.73. The lowest BCUT2D eigenvalue weighted by molar-refractivity contribution is 0.620. The molecular formula is C13H16FN3. The Balaban J connectivity index is 2.62. The minimum Gasteiger partial charge on any atom is -0.324 e. The highest BCUT2D eigenvalue weighted by molar-refractivity contribution is 5.43. The number of nitrogens with two attached hydrogens (primary N) is 1. The summed E-state index contributed by atoms with van der Waals surface area (Å²) in [5.74, 6) is -0.275. The molecule has 1 heterocycles. The fourth-order valence-corrected chi connectivity index (χ4v) is 1.96. The zero-order chi connectivity index (χ0) is 12.6. The van der Waals surface area contributed by atoms with Gasteiger partial charge in [0.1, 0.15) is 5.82 Å². The van der Waals surface area contributed by atoms with Gasteiger partial charge in [-0.15, -0.1) is 0 Å². The molecule has 0 saturated heterocycles. The molecule has 0 radical (unpaired) electrons. The molecule has 0 amide bonds. The maximum absolute atomic E-state index is 13.2. The van der Waals surface area contributed by atoms with E-state index in [0.717, 1.165) is 22.6 Å². The van der Waals surface area contributed by atoms with Gasteiger partial charge in [-0.1, -0.05) is 0 Å². The first-order chi connectivity index (χ1) is 7.99. The van der Waals surface area contributed by atoms with Crippen LogP contribution in [0.1, 0.15) is 29.9 Å². The standard InChI is InChI=1S/C13H16FN3/c1-8-6-9(2)17(16-8)13-5-4-11(14)7-12(13)10(3)15/h4-7,10H,15H2,1-3H3. The number of rotatable bonds is 2. The lowest BCUT2D eigenvalue weighted by Gasteiger charge is -2.14. The largest absolute Gasteiger partial charge is 0.324 e. The monoisotopic (exact) mass is 233 g/mol. The Morgan fingerprint density at radius 2 is 2.00 bits per heavy atom. The lowest BCUT2D eigenvalue weighted by atomic mass is 10.1. The van der Waals surface area contributed by atoms with Crippen molar-refractivity contribution in [2.24, 2.45) is 5.73 Å². The molecule has 17 heavy (non-hydrogen) atoms. The van der Waals surface area contributed by atoms with Crippen molar-refractivity contribution in [2.45, 2.75) is 26.8 Å². The van der Waals surface area contributed by atoms with Gasteiger partial charge in [-0.05, 0) is 50.6 Å². The van der Waals surface area contributed by atoms with Crippen LogP contribution in [0.5, 0.6) is 0 Å². The predicted molar refractivity (Wildman–Crippen MR) is 65.6 cm³/mol. The Morgan fingerprint density at radius 3 is 2.53 bits per heavy atom. The first-order valence-electron chi connectivity index (χ1n) is 5.57. The highest BCUT2D eigenvalue weighted by Gasteiger charge is 2.12. The summed E-state index contributed by atoms with van der Waals surface area (Å²) < 4.78 is 15.0. The minimum atomic E-state index is -0.275. The summed E-state index contributed by atoms with van der Waals surface area (Å²) in [6, 6.07) is 6.36. The molecule has 0 aliphatic carbocycles. The summed E-state index contributed by atoms with van der Waals surface area (Å²) in [6.07, 6.45) is 0. The van der Waals surface area contributed by atoms with Gasteiger partial charge in [-0.2, -0.15) is 5.10 Å². The number of halogens is 1. The van der Waals surface area contributed by atoms with Crippen LogP contribution in [-0.2, 0) is 0 Å². The van der Waals surface area contributed by atoms with E-state index in [1.165, 1.54) is 12.1 Å². The van der Waals surface area contributed by atoms with E-state index in [0.29, 0.717) is 0 Å². The number of aromatic nitrogens is 2. The second kappa shape index (κ2) is 4.30. The van der Waals surface area contributed by atoms with E-state index in [1.54, 1.807) is 10.7 Å². The number of aryl methyl sites for hydroxylation is 2. The molecule has 0 aliphatic heterocycles. The second-order valence-electron chi connectivity index (χ2n) is 4.33. The van der Waals surface area contributed by atoms with Crippen molar-refractivity contribution < 1.29 is 4.39 Å². The van der Waals surface area contributed by atoms with E-state index >= 15 is 0 Å². The van der Waals surface area contributed by atoms with E-state index in [2.05, 4.69) is 5.10 Å². The third-order valence-corrected chi connectivity index (χ3v) is 2.72. The van der Waals surface area contributed by atoms with Gasteiger partial charge < -0.3 is 5.73 Å². The Bertz CT molecular complexity index is 544. The number of hydrogen-bond donors (Lipinski definition) is 1. The van der Waals surface area contributed by atoms with Gasteiger partial charge in [-0.25, -0.2) is 9.07 Å². The van der Waals surface area contributed by atoms with E-state index < -0.39 is 0 Å². The van der Waals surface area contributed by atoms with E-state index in [1.807, 2.05) is 26.8 Å². The predicted octanol–water partition coefficient (Wildman–Crippen LogP) is 2.65. The SMILES string of the molecule is Cc1cc(C)n(-c2ccc(F)cc2C(C)N)n1. The fourth-order valence-electron chi connectivity index (χ4n) is 1.96. The van der Waals surface area contributed by atoms with E-state index in [4.69, 9.17) is 5.73 Å². The van der Waals surface area contributed by atoms with Gasteiger partial charge >= 0.3 is 0 Å². The van der Waals surface area contributed by atoms with Crippen molar-refractivity contribution in [3.8, 4) is 5.69 Å². The van der Waals surface area contributed by atoms with Crippen LogP contribution in [0, 0.1) is 19.7 Å². The molecule has 0 aliphatic rings. The van der Waals surface area contributed by atoms with Gasteiger partial charge in [-0.3, -0.25) is 0 Å². The molecule has 0 bridgehead atoms. The summed E-state index contributed by atoms with van der Waals surface area (Å²) in [7, 11) is 0. The van der Waals surface area contributed by atoms with Crippen molar-refractivity contribution in [1.29, 1.82) is 0 Å². The third-order valence-electron chi connectivity index (χ3n) is 2.72. The summed E-state index contributed by atoms with van der Waals surface area (Å²) >= 11 is 0. The van der Waals surface area contributed by atoms with Crippen molar-refractivity contribution in [3.05, 3.63) is 47.0 Å². The topological polar surface area (TPSA) is 43.8 Å². The summed E-state index contributed by atoms with van der Waals surface area (Å²) in [4.78, 5) is 0. The van der Waals surface area contributed by atoms with Crippen LogP contribution < -0.4 is 5.73 Å². The Hall–Kier alpha value is -1.68. The molecule has 1 unspecified atom stereocenters. The zero-order valence-electron chi connectivity index (χ0n) is 10.2. The van der Waals surface area contributed by atoms with E-state index in [-0.39, 0.29) is 11.9 Å². The molecule has 1 atom stereocenters. The quantitative estimate of drug-likeness (QED) is 0.866. The molecule has 90 valence electrons. The molecule has 0 saturated carbocycles. The van der Waals surface area contributed by atoms with Crippen LogP contribution in [0.15, 0.2) is 24.3 Å². The van der Waals surface area contributed by atoms with Crippen LogP contribution in [0.2, 0.25) is 0 Å². The number of hydrogen-bond acceptors (Lipinski definition) is 2. The third kappa shape index (κ3) is 2.22. The van der Waals surface area contributed by atoms with Crippen LogP contribution >= 0.6 is 0 Å². The molecule has 1 aromatic heterocycles. The minimum absolute atomic E-state index is 0.232. The molecule has 2 rings (SSSR count). The fraction of sp³-hybridized carbons (Fsp3) is 0.308. The van der Waals surface area contributed by atoms with Gasteiger partial charge in [0.05, 0.1) is 11.4 Å². The van der Waals surface area contributed by atoms with Gasteiger partial charge in [0.25, 0.3) is 0 Å². The van der Waals surface area contributed by atoms with Crippen LogP contribution in [-0.4, -0.2) is 9.78 Å². The average Bonchev–Trinajstić information content (AvgIpc) is 2.57. The molecule has 2 N–H and O–H groups in total. The van der Waals surface area contributed by atoms with Gasteiger partial charge in [0.2, 0.25) is 0 Å². The van der Waals surface area contributed by atoms with Crippen molar-refractivity contribution in [1.82, 2.24) is 9.78 Å². The van der Waals surface area contributed by atoms with Crippen molar-refractivity contribution in [3.63, 3.8) is 0 Å². The van der Waals surface area contributed by atoms with Crippen LogP contribution in [0.3, 0.4) is 0 Å². The Labute approximate surface area is 100 Å². The molecule has 0 fully saturated rings. The lowest BCUT2D eigenvalue weighted by Crippen LogP contribution is -2.11. The van der Waals surface area contributed by atoms with Crippen LogP contribution in [0.25, 0.3) is 5.69 Å². The highest BCUT2D eigenvalue weighted by atomic mass is 19.1. The van der Waals surface area contributed by atoms with Gasteiger partial charge in [0.15, 0.2) is 0 Å². The van der Waals surface area contributed by atoms with Crippen molar-refractivity contribution in [2.75, 3.05) is 0 Å². The molecular weight excluding hydrogens is 217 g/mol. The Morgan fingerprint density at radius 1 is 1.29 bits per heavy atom. The number of nitrogens with zero attached hydrogens (tertiary/aromatic N) is 2. The first-order valence-corrected chi connectivity index (χ1v) is 5.57. The normalized spacial score (nSPS) is 12.8. The molecule has 1 aromatic carbocycles. The number of benzene rings is 1. The highest BCUT2D eigenvalue weighted by Crippen LogP contribution is 2.22.